The molecule has 0 saturated carbocycles. The summed E-state index contributed by atoms with van der Waals surface area (Å²) in [6.07, 6.45) is 1.62. The fourth-order valence-corrected chi connectivity index (χ4v) is 3.57. The van der Waals surface area contributed by atoms with Gasteiger partial charge in [-0.1, -0.05) is 47.1 Å². The SMILES string of the molecule is Cc1ccc(OCCN(C)C(=O)CSc2nncn2-c2ccc(C)c(Cl)c2)cc1. The van der Waals surface area contributed by atoms with E-state index in [1.54, 1.807) is 18.3 Å². The van der Waals surface area contributed by atoms with Gasteiger partial charge in [0.25, 0.3) is 0 Å². The van der Waals surface area contributed by atoms with Gasteiger partial charge in [-0.25, -0.2) is 0 Å². The molecule has 1 amide bonds. The number of likely N-dealkylation sites (N-methyl/N-ethyl adjacent to an activating group) is 1. The molecule has 8 heteroatoms. The fraction of sp³-hybridized carbons (Fsp3) is 0.286. The lowest BCUT2D eigenvalue weighted by Crippen LogP contribution is -2.32. The standard InChI is InChI=1S/C21H23ClN4O2S/c1-15-4-8-18(9-5-15)28-11-10-25(3)20(27)13-29-21-24-23-14-26(21)17-7-6-16(2)19(22)12-17/h4-9,12,14H,10-11,13H2,1-3H3. The minimum Gasteiger partial charge on any atom is -0.492 e. The van der Waals surface area contributed by atoms with E-state index >= 15 is 0 Å². The van der Waals surface area contributed by atoms with Crippen LogP contribution in [0.1, 0.15) is 11.1 Å². The number of halogens is 1. The number of aromatic nitrogens is 3. The van der Waals surface area contributed by atoms with Gasteiger partial charge in [0.1, 0.15) is 18.7 Å². The number of nitrogens with zero attached hydrogens (tertiary/aromatic N) is 4. The van der Waals surface area contributed by atoms with Crippen LogP contribution in [0.5, 0.6) is 5.75 Å². The zero-order valence-corrected chi connectivity index (χ0v) is 18.2. The first-order valence-corrected chi connectivity index (χ1v) is 10.5. The van der Waals surface area contributed by atoms with Crippen LogP contribution < -0.4 is 4.74 Å². The van der Waals surface area contributed by atoms with Crippen molar-refractivity contribution in [2.45, 2.75) is 19.0 Å². The Kier molecular flexibility index (Phi) is 7.17. The zero-order valence-electron chi connectivity index (χ0n) is 16.6. The molecule has 0 bridgehead atoms. The molecule has 0 atom stereocenters. The van der Waals surface area contributed by atoms with Crippen molar-refractivity contribution in [1.29, 1.82) is 0 Å². The molecule has 0 N–H and O–H groups in total. The van der Waals surface area contributed by atoms with Gasteiger partial charge in [-0.05, 0) is 43.7 Å². The summed E-state index contributed by atoms with van der Waals surface area (Å²) in [5.74, 6) is 1.06. The third-order valence-corrected chi connectivity index (χ3v) is 5.75. The van der Waals surface area contributed by atoms with E-state index < -0.39 is 0 Å². The number of amides is 1. The Morgan fingerprint density at radius 1 is 1.21 bits per heavy atom. The third-order valence-electron chi connectivity index (χ3n) is 4.42. The molecule has 3 rings (SSSR count). The number of hydrogen-bond acceptors (Lipinski definition) is 5. The van der Waals surface area contributed by atoms with Gasteiger partial charge in [0, 0.05) is 12.1 Å². The van der Waals surface area contributed by atoms with Gasteiger partial charge in [0.15, 0.2) is 5.16 Å². The lowest BCUT2D eigenvalue weighted by atomic mass is 10.2. The number of hydrogen-bond donors (Lipinski definition) is 0. The molecule has 0 radical (unpaired) electrons. The molecule has 0 fully saturated rings. The highest BCUT2D eigenvalue weighted by Crippen LogP contribution is 2.24. The molecule has 29 heavy (non-hydrogen) atoms. The summed E-state index contributed by atoms with van der Waals surface area (Å²) in [6.45, 7) is 4.93. The molecule has 6 nitrogen and oxygen atoms in total. The van der Waals surface area contributed by atoms with Gasteiger partial charge in [0.2, 0.25) is 5.91 Å². The maximum atomic E-state index is 12.4. The highest BCUT2D eigenvalue weighted by atomic mass is 35.5. The fourth-order valence-electron chi connectivity index (χ4n) is 2.53. The Morgan fingerprint density at radius 3 is 2.69 bits per heavy atom. The van der Waals surface area contributed by atoms with E-state index in [1.807, 2.05) is 60.9 Å². The maximum Gasteiger partial charge on any atom is 0.232 e. The topological polar surface area (TPSA) is 60.2 Å². The average molecular weight is 431 g/mol. The van der Waals surface area contributed by atoms with E-state index in [0.29, 0.717) is 23.3 Å². The Bertz CT molecular complexity index is 975. The van der Waals surface area contributed by atoms with Gasteiger partial charge in [-0.3, -0.25) is 9.36 Å². The molecule has 0 unspecified atom stereocenters. The van der Waals surface area contributed by atoms with Crippen molar-refractivity contribution < 1.29 is 9.53 Å². The number of carbonyl (C=O) groups excluding carboxylic acids is 1. The van der Waals surface area contributed by atoms with Crippen LogP contribution in [0.4, 0.5) is 0 Å². The zero-order chi connectivity index (χ0) is 20.8. The Labute approximate surface area is 179 Å². The number of aryl methyl sites for hydroxylation is 2. The molecule has 2 aromatic carbocycles. The molecule has 0 aliphatic carbocycles. The first-order chi connectivity index (χ1) is 13.9. The molecule has 152 valence electrons. The van der Waals surface area contributed by atoms with E-state index in [2.05, 4.69) is 10.2 Å². The van der Waals surface area contributed by atoms with Crippen LogP contribution in [-0.2, 0) is 4.79 Å². The third kappa shape index (κ3) is 5.74. The number of ether oxygens (including phenoxy) is 1. The van der Waals surface area contributed by atoms with Gasteiger partial charge >= 0.3 is 0 Å². The summed E-state index contributed by atoms with van der Waals surface area (Å²) in [6, 6.07) is 13.6. The Hall–Kier alpha value is -2.51. The number of benzene rings is 2. The maximum absolute atomic E-state index is 12.4. The van der Waals surface area contributed by atoms with E-state index in [9.17, 15) is 4.79 Å². The Balaban J connectivity index is 1.50. The van der Waals surface area contributed by atoms with E-state index in [1.165, 1.54) is 17.3 Å². The Morgan fingerprint density at radius 2 is 1.97 bits per heavy atom. The van der Waals surface area contributed by atoms with Crippen LogP contribution in [0.3, 0.4) is 0 Å². The van der Waals surface area contributed by atoms with Crippen molar-refractivity contribution in [1.82, 2.24) is 19.7 Å². The van der Waals surface area contributed by atoms with Crippen LogP contribution in [0, 0.1) is 13.8 Å². The molecule has 1 aromatic heterocycles. The van der Waals surface area contributed by atoms with Crippen molar-refractivity contribution in [3.8, 4) is 11.4 Å². The first kappa shape index (κ1) is 21.2. The van der Waals surface area contributed by atoms with Gasteiger partial charge < -0.3 is 9.64 Å². The number of carbonyl (C=O) groups is 1. The van der Waals surface area contributed by atoms with Gasteiger partial charge in [-0.15, -0.1) is 10.2 Å². The predicted molar refractivity (Wildman–Crippen MR) is 116 cm³/mol. The normalized spacial score (nSPS) is 10.8. The molecular weight excluding hydrogens is 408 g/mol. The average Bonchev–Trinajstić information content (AvgIpc) is 3.18. The number of rotatable bonds is 8. The molecule has 0 aliphatic heterocycles. The van der Waals surface area contributed by atoms with Crippen LogP contribution in [-0.4, -0.2) is 51.5 Å². The van der Waals surface area contributed by atoms with Crippen LogP contribution in [0.2, 0.25) is 5.02 Å². The molecule has 0 aliphatic rings. The van der Waals surface area contributed by atoms with Gasteiger partial charge in [0.05, 0.1) is 18.0 Å². The minimum absolute atomic E-state index is 0.000931. The number of thioether (sulfide) groups is 1. The highest BCUT2D eigenvalue weighted by Gasteiger charge is 2.14. The predicted octanol–water partition coefficient (Wildman–Crippen LogP) is 4.17. The van der Waals surface area contributed by atoms with E-state index in [4.69, 9.17) is 16.3 Å². The van der Waals surface area contributed by atoms with E-state index in [0.717, 1.165) is 17.0 Å². The van der Waals surface area contributed by atoms with Crippen molar-refractivity contribution in [3.63, 3.8) is 0 Å². The molecule has 1 heterocycles. The second-order valence-corrected chi connectivity index (χ2v) is 8.03. The highest BCUT2D eigenvalue weighted by molar-refractivity contribution is 7.99. The minimum atomic E-state index is -0.000931. The van der Waals surface area contributed by atoms with Gasteiger partial charge in [-0.2, -0.15) is 0 Å². The summed E-state index contributed by atoms with van der Waals surface area (Å²) >= 11 is 7.56. The summed E-state index contributed by atoms with van der Waals surface area (Å²) in [7, 11) is 1.77. The van der Waals surface area contributed by atoms with Crippen LogP contribution in [0.15, 0.2) is 53.9 Å². The first-order valence-electron chi connectivity index (χ1n) is 9.17. The molecular formula is C21H23ClN4O2S. The van der Waals surface area contributed by atoms with Crippen molar-refractivity contribution in [2.75, 3.05) is 26.0 Å². The largest absolute Gasteiger partial charge is 0.492 e. The summed E-state index contributed by atoms with van der Waals surface area (Å²) in [5, 5.41) is 9.41. The monoisotopic (exact) mass is 430 g/mol. The van der Waals surface area contributed by atoms with Crippen molar-refractivity contribution >= 4 is 29.3 Å². The summed E-state index contributed by atoms with van der Waals surface area (Å²) in [4.78, 5) is 14.1. The van der Waals surface area contributed by atoms with Crippen LogP contribution >= 0.6 is 23.4 Å². The van der Waals surface area contributed by atoms with Crippen molar-refractivity contribution in [3.05, 3.63) is 64.9 Å². The molecule has 0 saturated heterocycles. The molecule has 3 aromatic rings. The van der Waals surface area contributed by atoms with Crippen LogP contribution in [0.25, 0.3) is 5.69 Å². The lowest BCUT2D eigenvalue weighted by molar-refractivity contribution is -0.127. The quantitative estimate of drug-likeness (QED) is 0.502. The summed E-state index contributed by atoms with van der Waals surface area (Å²) in [5.41, 5.74) is 3.05. The second-order valence-electron chi connectivity index (χ2n) is 6.68. The molecule has 0 spiro atoms. The lowest BCUT2D eigenvalue weighted by Gasteiger charge is -2.17. The van der Waals surface area contributed by atoms with Crippen molar-refractivity contribution in [2.24, 2.45) is 0 Å². The summed E-state index contributed by atoms with van der Waals surface area (Å²) < 4.78 is 7.51. The van der Waals surface area contributed by atoms with E-state index in [-0.39, 0.29) is 11.7 Å². The second kappa shape index (κ2) is 9.80. The smallest absolute Gasteiger partial charge is 0.232 e.